The first kappa shape index (κ1) is 12.6. The van der Waals surface area contributed by atoms with E-state index in [4.69, 9.17) is 11.6 Å². The molecular weight excluding hydrogens is 258 g/mol. The summed E-state index contributed by atoms with van der Waals surface area (Å²) in [5, 5.41) is 0.910. The molecule has 0 atom stereocenters. The number of hydrogen-bond donors (Lipinski definition) is 0. The van der Waals surface area contributed by atoms with Gasteiger partial charge in [-0.1, -0.05) is 23.4 Å². The van der Waals surface area contributed by atoms with Gasteiger partial charge >= 0.3 is 0 Å². The van der Waals surface area contributed by atoms with Crippen molar-refractivity contribution in [2.45, 2.75) is 24.4 Å². The maximum absolute atomic E-state index is 12.2. The van der Waals surface area contributed by atoms with Gasteiger partial charge in [0.05, 0.1) is 11.2 Å². The second-order valence-electron chi connectivity index (χ2n) is 3.91. The van der Waals surface area contributed by atoms with Crippen LogP contribution in [0.2, 0.25) is 5.02 Å². The van der Waals surface area contributed by atoms with Crippen LogP contribution >= 0.6 is 23.4 Å². The van der Waals surface area contributed by atoms with Gasteiger partial charge in [-0.2, -0.15) is 0 Å². The Morgan fingerprint density at radius 2 is 2.12 bits per heavy atom. The fourth-order valence-electron chi connectivity index (χ4n) is 1.85. The van der Waals surface area contributed by atoms with Crippen LogP contribution in [0.25, 0.3) is 0 Å². The highest BCUT2D eigenvalue weighted by atomic mass is 35.5. The highest BCUT2D eigenvalue weighted by Crippen LogP contribution is 2.20. The Morgan fingerprint density at radius 1 is 1.41 bits per heavy atom. The Morgan fingerprint density at radius 3 is 2.76 bits per heavy atom. The van der Waals surface area contributed by atoms with E-state index >= 15 is 0 Å². The number of thioether (sulfide) groups is 1. The average Bonchev–Trinajstić information content (AvgIpc) is 2.39. The highest BCUT2D eigenvalue weighted by Gasteiger charge is 2.22. The molecule has 0 unspecified atom stereocenters. The third kappa shape index (κ3) is 2.90. The number of carbonyl (C=O) groups is 1. The van der Waals surface area contributed by atoms with Crippen molar-refractivity contribution in [1.29, 1.82) is 0 Å². The summed E-state index contributed by atoms with van der Waals surface area (Å²) < 4.78 is 0. The van der Waals surface area contributed by atoms with Crippen molar-refractivity contribution >= 4 is 29.3 Å². The maximum Gasteiger partial charge on any atom is 0.274 e. The summed E-state index contributed by atoms with van der Waals surface area (Å²) in [5.41, 5.74) is 0.327. The predicted octanol–water partition coefficient (Wildman–Crippen LogP) is 2.48. The van der Waals surface area contributed by atoms with Gasteiger partial charge in [-0.05, 0) is 25.5 Å². The quantitative estimate of drug-likeness (QED) is 0.612. The predicted molar refractivity (Wildman–Crippen MR) is 68.6 cm³/mol. The lowest BCUT2D eigenvalue weighted by atomic mass is 10.1. The molecule has 2 rings (SSSR count). The second-order valence-corrected chi connectivity index (χ2v) is 5.09. The van der Waals surface area contributed by atoms with Crippen LogP contribution in [-0.2, 0) is 0 Å². The summed E-state index contributed by atoms with van der Waals surface area (Å²) in [6.45, 7) is 1.60. The molecule has 6 heteroatoms. The lowest BCUT2D eigenvalue weighted by molar-refractivity contribution is 0.0717. The summed E-state index contributed by atoms with van der Waals surface area (Å²) in [5.74, 6) is -0.0765. The molecule has 4 nitrogen and oxygen atoms in total. The molecule has 0 N–H and O–H groups in total. The molecule has 1 aromatic rings. The number of carbonyl (C=O) groups excluding carboxylic acids is 1. The zero-order chi connectivity index (χ0) is 12.3. The Labute approximate surface area is 110 Å². The normalized spacial score (nSPS) is 16.0. The van der Waals surface area contributed by atoms with Gasteiger partial charge in [-0.15, -0.1) is 0 Å². The molecule has 0 spiro atoms. The van der Waals surface area contributed by atoms with Gasteiger partial charge in [0.1, 0.15) is 0 Å². The topological polar surface area (TPSA) is 46.1 Å². The molecule has 0 radical (unpaired) electrons. The van der Waals surface area contributed by atoms with Crippen LogP contribution < -0.4 is 0 Å². The summed E-state index contributed by atoms with van der Waals surface area (Å²) in [4.78, 5) is 22.3. The van der Waals surface area contributed by atoms with Crippen molar-refractivity contribution in [2.24, 2.45) is 0 Å². The number of aromatic nitrogens is 2. The molecule has 0 saturated carbocycles. The number of rotatable bonds is 2. The molecular formula is C11H14ClN3OS. The standard InChI is InChI=1S/C11H14ClN3OS/c1-17-11-13-7-8(12)9(14-11)10(16)15-5-3-2-4-6-15/h7H,2-6H2,1H3. The molecule has 0 aromatic carbocycles. The van der Waals surface area contributed by atoms with Gasteiger partial charge in [0.25, 0.3) is 5.91 Å². The third-order valence-corrected chi connectivity index (χ3v) is 3.59. The number of piperidine rings is 1. The van der Waals surface area contributed by atoms with E-state index < -0.39 is 0 Å². The van der Waals surface area contributed by atoms with Crippen LogP contribution in [-0.4, -0.2) is 40.1 Å². The van der Waals surface area contributed by atoms with Crippen molar-refractivity contribution in [3.8, 4) is 0 Å². The summed E-state index contributed by atoms with van der Waals surface area (Å²) >= 11 is 7.39. The lowest BCUT2D eigenvalue weighted by Gasteiger charge is -2.26. The molecule has 1 saturated heterocycles. The highest BCUT2D eigenvalue weighted by molar-refractivity contribution is 7.98. The van der Waals surface area contributed by atoms with E-state index in [9.17, 15) is 4.79 Å². The van der Waals surface area contributed by atoms with E-state index in [1.54, 1.807) is 0 Å². The van der Waals surface area contributed by atoms with Crippen molar-refractivity contribution in [3.63, 3.8) is 0 Å². The van der Waals surface area contributed by atoms with Crippen LogP contribution in [0.5, 0.6) is 0 Å². The number of likely N-dealkylation sites (tertiary alicyclic amines) is 1. The van der Waals surface area contributed by atoms with Crippen molar-refractivity contribution in [3.05, 3.63) is 16.9 Å². The van der Waals surface area contributed by atoms with Gasteiger partial charge in [0.15, 0.2) is 10.9 Å². The molecule has 0 aliphatic carbocycles. The summed E-state index contributed by atoms with van der Waals surface area (Å²) in [6.07, 6.45) is 6.68. The Hall–Kier alpha value is -0.810. The maximum atomic E-state index is 12.2. The van der Waals surface area contributed by atoms with Gasteiger partial charge in [-0.25, -0.2) is 9.97 Å². The van der Waals surface area contributed by atoms with E-state index in [2.05, 4.69) is 9.97 Å². The first-order valence-electron chi connectivity index (χ1n) is 5.58. The Balaban J connectivity index is 2.22. The second kappa shape index (κ2) is 5.69. The van der Waals surface area contributed by atoms with E-state index in [1.807, 2.05) is 11.2 Å². The smallest absolute Gasteiger partial charge is 0.274 e. The molecule has 1 fully saturated rings. The van der Waals surface area contributed by atoms with Gasteiger partial charge in [0.2, 0.25) is 0 Å². The number of hydrogen-bond acceptors (Lipinski definition) is 4. The third-order valence-electron chi connectivity index (χ3n) is 2.75. The molecule has 1 aliphatic heterocycles. The van der Waals surface area contributed by atoms with E-state index in [0.717, 1.165) is 25.9 Å². The minimum absolute atomic E-state index is 0.0765. The number of halogens is 1. The zero-order valence-corrected chi connectivity index (χ0v) is 11.2. The molecule has 0 bridgehead atoms. The number of amides is 1. The van der Waals surface area contributed by atoms with Gasteiger partial charge in [-0.3, -0.25) is 4.79 Å². The molecule has 1 amide bonds. The molecule has 17 heavy (non-hydrogen) atoms. The Kier molecular flexibility index (Phi) is 4.23. The van der Waals surface area contributed by atoms with Crippen LogP contribution in [0.4, 0.5) is 0 Å². The van der Waals surface area contributed by atoms with E-state index in [1.165, 1.54) is 24.4 Å². The summed E-state index contributed by atoms with van der Waals surface area (Å²) in [7, 11) is 0. The van der Waals surface area contributed by atoms with Gasteiger partial charge in [0, 0.05) is 13.1 Å². The van der Waals surface area contributed by atoms with Crippen molar-refractivity contribution < 1.29 is 4.79 Å². The molecule has 1 aliphatic rings. The van der Waals surface area contributed by atoms with Crippen LogP contribution in [0.15, 0.2) is 11.4 Å². The van der Waals surface area contributed by atoms with Crippen LogP contribution in [0, 0.1) is 0 Å². The molecule has 1 aromatic heterocycles. The molecule has 92 valence electrons. The largest absolute Gasteiger partial charge is 0.337 e. The Bertz CT molecular complexity index is 421. The average molecular weight is 272 g/mol. The summed E-state index contributed by atoms with van der Waals surface area (Å²) in [6, 6.07) is 0. The van der Waals surface area contributed by atoms with E-state index in [0.29, 0.717) is 15.9 Å². The first-order valence-corrected chi connectivity index (χ1v) is 7.18. The van der Waals surface area contributed by atoms with Crippen LogP contribution in [0.3, 0.4) is 0 Å². The molecule has 2 heterocycles. The fourth-order valence-corrected chi connectivity index (χ4v) is 2.36. The minimum atomic E-state index is -0.0765. The first-order chi connectivity index (χ1) is 8.22. The van der Waals surface area contributed by atoms with Crippen LogP contribution in [0.1, 0.15) is 29.8 Å². The van der Waals surface area contributed by atoms with E-state index in [-0.39, 0.29) is 5.91 Å². The minimum Gasteiger partial charge on any atom is -0.337 e. The monoisotopic (exact) mass is 271 g/mol. The van der Waals surface area contributed by atoms with Gasteiger partial charge < -0.3 is 4.90 Å². The zero-order valence-electron chi connectivity index (χ0n) is 9.65. The SMILES string of the molecule is CSc1ncc(Cl)c(C(=O)N2CCCCC2)n1. The fraction of sp³-hybridized carbons (Fsp3) is 0.545. The van der Waals surface area contributed by atoms with Crippen molar-refractivity contribution in [1.82, 2.24) is 14.9 Å². The lowest BCUT2D eigenvalue weighted by Crippen LogP contribution is -2.36. The van der Waals surface area contributed by atoms with Crippen molar-refractivity contribution in [2.75, 3.05) is 19.3 Å². The number of nitrogens with zero attached hydrogens (tertiary/aromatic N) is 3.